The molecule has 2 rings (SSSR count). The van der Waals surface area contributed by atoms with Gasteiger partial charge in [-0.1, -0.05) is 6.07 Å². The van der Waals surface area contributed by atoms with Crippen LogP contribution in [0.4, 0.5) is 18.9 Å². The van der Waals surface area contributed by atoms with Gasteiger partial charge in [-0.15, -0.1) is 0 Å². The smallest absolute Gasteiger partial charge is 0.322 e. The second kappa shape index (κ2) is 5.28. The van der Waals surface area contributed by atoms with Gasteiger partial charge in [0, 0.05) is 11.9 Å². The number of anilines is 1. The first-order valence-corrected chi connectivity index (χ1v) is 5.63. The molecular formula is C13H10F3N3O. The summed E-state index contributed by atoms with van der Waals surface area (Å²) in [5.74, 6) is -0.553. The molecule has 1 heterocycles. The highest BCUT2D eigenvalue weighted by Gasteiger charge is 2.30. The predicted octanol–water partition coefficient (Wildman–Crippen LogP) is 3.06. The minimum absolute atomic E-state index is 0.0630. The molecule has 1 aromatic heterocycles. The van der Waals surface area contributed by atoms with E-state index in [0.29, 0.717) is 5.69 Å². The van der Waals surface area contributed by atoms with Crippen molar-refractivity contribution in [1.82, 2.24) is 9.97 Å². The molecule has 20 heavy (non-hydrogen) atoms. The van der Waals surface area contributed by atoms with Crippen molar-refractivity contribution in [2.45, 2.75) is 13.1 Å². The van der Waals surface area contributed by atoms with Crippen molar-refractivity contribution >= 4 is 11.6 Å². The van der Waals surface area contributed by atoms with Crippen molar-refractivity contribution in [3.05, 3.63) is 53.6 Å². The van der Waals surface area contributed by atoms with Crippen LogP contribution in [-0.2, 0) is 6.18 Å². The zero-order valence-corrected chi connectivity index (χ0v) is 10.4. The topological polar surface area (TPSA) is 54.9 Å². The summed E-state index contributed by atoms with van der Waals surface area (Å²) in [4.78, 5) is 19.5. The number of nitrogens with zero attached hydrogens (tertiary/aromatic N) is 2. The van der Waals surface area contributed by atoms with Crippen LogP contribution in [0.2, 0.25) is 0 Å². The lowest BCUT2D eigenvalue weighted by Crippen LogP contribution is -2.15. The third kappa shape index (κ3) is 3.11. The molecule has 7 heteroatoms. The van der Waals surface area contributed by atoms with Gasteiger partial charge in [0.25, 0.3) is 5.91 Å². The van der Waals surface area contributed by atoms with Gasteiger partial charge in [-0.2, -0.15) is 13.2 Å². The fourth-order valence-electron chi connectivity index (χ4n) is 1.59. The van der Waals surface area contributed by atoms with E-state index in [1.807, 2.05) is 0 Å². The SMILES string of the molecule is Cc1ncncc1C(=O)Nc1cccc(C(F)(F)F)c1. The molecule has 1 aromatic carbocycles. The van der Waals surface area contributed by atoms with E-state index in [9.17, 15) is 18.0 Å². The van der Waals surface area contributed by atoms with E-state index in [0.717, 1.165) is 12.1 Å². The highest BCUT2D eigenvalue weighted by molar-refractivity contribution is 6.04. The predicted molar refractivity (Wildman–Crippen MR) is 66.2 cm³/mol. The first-order chi connectivity index (χ1) is 9.38. The average molecular weight is 281 g/mol. The summed E-state index contributed by atoms with van der Waals surface area (Å²) in [7, 11) is 0. The van der Waals surface area contributed by atoms with Crippen LogP contribution in [0.5, 0.6) is 0 Å². The van der Waals surface area contributed by atoms with Crippen molar-refractivity contribution in [3.63, 3.8) is 0 Å². The van der Waals surface area contributed by atoms with E-state index in [1.54, 1.807) is 6.92 Å². The molecule has 0 radical (unpaired) electrons. The Hall–Kier alpha value is -2.44. The minimum atomic E-state index is -4.45. The Bertz CT molecular complexity index is 641. The van der Waals surface area contributed by atoms with Gasteiger partial charge in [0.15, 0.2) is 0 Å². The molecule has 0 unspecified atom stereocenters. The molecule has 0 fully saturated rings. The fraction of sp³-hybridized carbons (Fsp3) is 0.154. The van der Waals surface area contributed by atoms with Crippen LogP contribution in [0.25, 0.3) is 0 Å². The van der Waals surface area contributed by atoms with Crippen molar-refractivity contribution in [1.29, 1.82) is 0 Å². The Morgan fingerprint density at radius 3 is 2.70 bits per heavy atom. The number of rotatable bonds is 2. The lowest BCUT2D eigenvalue weighted by Gasteiger charge is -2.10. The molecule has 0 atom stereocenters. The zero-order chi connectivity index (χ0) is 14.8. The number of aromatic nitrogens is 2. The van der Waals surface area contributed by atoms with Gasteiger partial charge in [0.2, 0.25) is 0 Å². The molecular weight excluding hydrogens is 271 g/mol. The van der Waals surface area contributed by atoms with E-state index in [2.05, 4.69) is 15.3 Å². The maximum absolute atomic E-state index is 12.6. The molecule has 0 spiro atoms. The molecule has 0 saturated carbocycles. The van der Waals surface area contributed by atoms with Gasteiger partial charge in [-0.05, 0) is 25.1 Å². The standard InChI is InChI=1S/C13H10F3N3O/c1-8-11(6-17-7-18-8)12(20)19-10-4-2-3-9(5-10)13(14,15)16/h2-7H,1H3,(H,19,20). The zero-order valence-electron chi connectivity index (χ0n) is 10.4. The Morgan fingerprint density at radius 2 is 2.05 bits per heavy atom. The van der Waals surface area contributed by atoms with E-state index in [1.165, 1.54) is 24.7 Å². The lowest BCUT2D eigenvalue weighted by molar-refractivity contribution is -0.137. The van der Waals surface area contributed by atoms with E-state index >= 15 is 0 Å². The van der Waals surface area contributed by atoms with Gasteiger partial charge >= 0.3 is 6.18 Å². The summed E-state index contributed by atoms with van der Waals surface area (Å²) in [6.07, 6.45) is -1.85. The Balaban J connectivity index is 2.23. The molecule has 0 bridgehead atoms. The molecule has 0 aliphatic rings. The largest absolute Gasteiger partial charge is 0.416 e. The van der Waals surface area contributed by atoms with Crippen LogP contribution < -0.4 is 5.32 Å². The lowest BCUT2D eigenvalue weighted by atomic mass is 10.2. The number of carbonyl (C=O) groups is 1. The van der Waals surface area contributed by atoms with Gasteiger partial charge < -0.3 is 5.32 Å². The number of aryl methyl sites for hydroxylation is 1. The first kappa shape index (κ1) is 14.0. The van der Waals surface area contributed by atoms with Crippen LogP contribution in [-0.4, -0.2) is 15.9 Å². The van der Waals surface area contributed by atoms with Crippen LogP contribution in [0.1, 0.15) is 21.6 Å². The molecule has 2 aromatic rings. The monoisotopic (exact) mass is 281 g/mol. The van der Waals surface area contributed by atoms with Gasteiger partial charge in [-0.3, -0.25) is 4.79 Å². The van der Waals surface area contributed by atoms with Gasteiger partial charge in [-0.25, -0.2) is 9.97 Å². The van der Waals surface area contributed by atoms with Crippen molar-refractivity contribution in [2.75, 3.05) is 5.32 Å². The summed E-state index contributed by atoms with van der Waals surface area (Å²) < 4.78 is 37.7. The molecule has 1 amide bonds. The summed E-state index contributed by atoms with van der Waals surface area (Å²) in [5.41, 5.74) is -0.0983. The molecule has 0 saturated heterocycles. The second-order valence-electron chi connectivity index (χ2n) is 4.05. The van der Waals surface area contributed by atoms with Crippen LogP contribution in [0, 0.1) is 6.92 Å². The summed E-state index contributed by atoms with van der Waals surface area (Å²) in [6, 6.07) is 4.42. The van der Waals surface area contributed by atoms with E-state index < -0.39 is 17.6 Å². The third-order valence-electron chi connectivity index (χ3n) is 2.60. The molecule has 4 nitrogen and oxygen atoms in total. The number of carbonyl (C=O) groups excluding carboxylic acids is 1. The molecule has 1 N–H and O–H groups in total. The molecule has 0 aliphatic carbocycles. The number of amides is 1. The number of nitrogens with one attached hydrogen (secondary N) is 1. The fourth-order valence-corrected chi connectivity index (χ4v) is 1.59. The Morgan fingerprint density at radius 1 is 1.30 bits per heavy atom. The quantitative estimate of drug-likeness (QED) is 0.920. The summed E-state index contributed by atoms with van der Waals surface area (Å²) in [6.45, 7) is 1.61. The number of alkyl halides is 3. The summed E-state index contributed by atoms with van der Waals surface area (Å²) >= 11 is 0. The normalized spacial score (nSPS) is 11.2. The number of benzene rings is 1. The van der Waals surface area contributed by atoms with Crippen LogP contribution in [0.15, 0.2) is 36.8 Å². The maximum Gasteiger partial charge on any atom is 0.416 e. The third-order valence-corrected chi connectivity index (χ3v) is 2.60. The number of halogens is 3. The first-order valence-electron chi connectivity index (χ1n) is 5.63. The van der Waals surface area contributed by atoms with Crippen molar-refractivity contribution < 1.29 is 18.0 Å². The highest BCUT2D eigenvalue weighted by atomic mass is 19.4. The van der Waals surface area contributed by atoms with Gasteiger partial charge in [0.05, 0.1) is 16.8 Å². The Kier molecular flexibility index (Phi) is 3.69. The average Bonchev–Trinajstić information content (AvgIpc) is 2.38. The van der Waals surface area contributed by atoms with E-state index in [-0.39, 0.29) is 11.3 Å². The number of hydrogen-bond donors (Lipinski definition) is 1. The summed E-state index contributed by atoms with van der Waals surface area (Å²) in [5, 5.41) is 2.39. The van der Waals surface area contributed by atoms with Gasteiger partial charge in [0.1, 0.15) is 6.33 Å². The van der Waals surface area contributed by atoms with E-state index in [4.69, 9.17) is 0 Å². The van der Waals surface area contributed by atoms with Crippen LogP contribution in [0.3, 0.4) is 0 Å². The number of hydrogen-bond acceptors (Lipinski definition) is 3. The molecule has 104 valence electrons. The second-order valence-corrected chi connectivity index (χ2v) is 4.05. The van der Waals surface area contributed by atoms with Crippen molar-refractivity contribution in [3.8, 4) is 0 Å². The Labute approximate surface area is 112 Å². The highest BCUT2D eigenvalue weighted by Crippen LogP contribution is 2.30. The van der Waals surface area contributed by atoms with Crippen LogP contribution >= 0.6 is 0 Å². The maximum atomic E-state index is 12.6. The molecule has 0 aliphatic heterocycles. The minimum Gasteiger partial charge on any atom is -0.322 e. The van der Waals surface area contributed by atoms with Crippen molar-refractivity contribution in [2.24, 2.45) is 0 Å².